The van der Waals surface area contributed by atoms with E-state index < -0.39 is 5.54 Å². The van der Waals surface area contributed by atoms with E-state index in [1.54, 1.807) is 0 Å². The molecule has 0 aromatic carbocycles. The third kappa shape index (κ3) is 1.88. The van der Waals surface area contributed by atoms with Gasteiger partial charge < -0.3 is 5.32 Å². The van der Waals surface area contributed by atoms with Crippen molar-refractivity contribution in [1.29, 1.82) is 5.26 Å². The number of piperazine rings is 1. The summed E-state index contributed by atoms with van der Waals surface area (Å²) < 4.78 is 0. The Morgan fingerprint density at radius 2 is 2.36 bits per heavy atom. The smallest absolute Gasteiger partial charge is 0.240 e. The molecule has 1 atom stereocenters. The standard InChI is InChI=1S/C10H17N3O/c1-8(4-5-11)13-7-6-12-9(14)10(13,2)3/h8H,4,6-7H2,1-3H3,(H,12,14). The van der Waals surface area contributed by atoms with E-state index in [2.05, 4.69) is 16.3 Å². The zero-order valence-corrected chi connectivity index (χ0v) is 9.00. The fourth-order valence-corrected chi connectivity index (χ4v) is 1.93. The summed E-state index contributed by atoms with van der Waals surface area (Å²) in [6.45, 7) is 7.29. The molecule has 0 bridgehead atoms. The summed E-state index contributed by atoms with van der Waals surface area (Å²) in [6.07, 6.45) is 0.469. The molecule has 4 heteroatoms. The molecule has 1 unspecified atom stereocenters. The summed E-state index contributed by atoms with van der Waals surface area (Å²) in [5.74, 6) is 0.0496. The molecule has 0 aromatic rings. The van der Waals surface area contributed by atoms with Crippen LogP contribution in [0, 0.1) is 11.3 Å². The van der Waals surface area contributed by atoms with Crippen LogP contribution in [0.5, 0.6) is 0 Å². The number of hydrogen-bond acceptors (Lipinski definition) is 3. The Balaban J connectivity index is 2.77. The maximum absolute atomic E-state index is 11.6. The lowest BCUT2D eigenvalue weighted by atomic mass is 9.96. The van der Waals surface area contributed by atoms with Crippen LogP contribution in [0.2, 0.25) is 0 Å². The summed E-state index contributed by atoms with van der Waals surface area (Å²) in [5, 5.41) is 11.5. The van der Waals surface area contributed by atoms with Crippen molar-refractivity contribution in [2.45, 2.75) is 38.8 Å². The fraction of sp³-hybridized carbons (Fsp3) is 0.800. The lowest BCUT2D eigenvalue weighted by Gasteiger charge is -2.44. The van der Waals surface area contributed by atoms with Gasteiger partial charge in [-0.05, 0) is 20.8 Å². The van der Waals surface area contributed by atoms with E-state index in [0.29, 0.717) is 13.0 Å². The van der Waals surface area contributed by atoms with Gasteiger partial charge in [-0.2, -0.15) is 5.26 Å². The Kier molecular flexibility index (Phi) is 3.12. The largest absolute Gasteiger partial charge is 0.353 e. The second kappa shape index (κ2) is 3.97. The monoisotopic (exact) mass is 195 g/mol. The van der Waals surface area contributed by atoms with Crippen LogP contribution < -0.4 is 5.32 Å². The van der Waals surface area contributed by atoms with Gasteiger partial charge in [-0.15, -0.1) is 0 Å². The quantitative estimate of drug-likeness (QED) is 0.698. The van der Waals surface area contributed by atoms with Gasteiger partial charge in [-0.3, -0.25) is 9.69 Å². The van der Waals surface area contributed by atoms with Crippen LogP contribution in [0.25, 0.3) is 0 Å². The Morgan fingerprint density at radius 1 is 1.71 bits per heavy atom. The van der Waals surface area contributed by atoms with E-state index in [0.717, 1.165) is 6.54 Å². The van der Waals surface area contributed by atoms with Gasteiger partial charge in [0.2, 0.25) is 5.91 Å². The maximum Gasteiger partial charge on any atom is 0.240 e. The molecule has 0 spiro atoms. The van der Waals surface area contributed by atoms with E-state index in [1.165, 1.54) is 0 Å². The Morgan fingerprint density at radius 3 is 2.93 bits per heavy atom. The van der Waals surface area contributed by atoms with Crippen molar-refractivity contribution in [3.05, 3.63) is 0 Å². The summed E-state index contributed by atoms with van der Waals surface area (Å²) in [4.78, 5) is 13.7. The molecule has 1 aliphatic heterocycles. The molecule has 14 heavy (non-hydrogen) atoms. The number of amides is 1. The van der Waals surface area contributed by atoms with Crippen LogP contribution in [0.4, 0.5) is 0 Å². The minimum Gasteiger partial charge on any atom is -0.353 e. The minimum absolute atomic E-state index is 0.0496. The van der Waals surface area contributed by atoms with Gasteiger partial charge in [0, 0.05) is 19.1 Å². The topological polar surface area (TPSA) is 56.1 Å². The van der Waals surface area contributed by atoms with Crippen LogP contribution in [-0.4, -0.2) is 35.5 Å². The zero-order valence-electron chi connectivity index (χ0n) is 9.00. The molecule has 1 fully saturated rings. The molecular formula is C10H17N3O. The van der Waals surface area contributed by atoms with Crippen LogP contribution >= 0.6 is 0 Å². The van der Waals surface area contributed by atoms with E-state index in [4.69, 9.17) is 5.26 Å². The normalized spacial score (nSPS) is 23.7. The van der Waals surface area contributed by atoms with Crippen LogP contribution in [0.3, 0.4) is 0 Å². The van der Waals surface area contributed by atoms with Gasteiger partial charge in [-0.25, -0.2) is 0 Å². The highest BCUT2D eigenvalue weighted by Gasteiger charge is 2.39. The number of nitrogens with one attached hydrogen (secondary N) is 1. The van der Waals surface area contributed by atoms with E-state index >= 15 is 0 Å². The Hall–Kier alpha value is -1.08. The molecule has 0 radical (unpaired) electrons. The number of rotatable bonds is 2. The highest BCUT2D eigenvalue weighted by atomic mass is 16.2. The number of carbonyl (C=O) groups is 1. The Labute approximate surface area is 84.9 Å². The van der Waals surface area contributed by atoms with E-state index in [1.807, 2.05) is 20.8 Å². The molecule has 1 aliphatic rings. The average molecular weight is 195 g/mol. The first kappa shape index (κ1) is 11.0. The van der Waals surface area contributed by atoms with Gasteiger partial charge in [0.05, 0.1) is 18.0 Å². The van der Waals surface area contributed by atoms with Crippen molar-refractivity contribution in [3.8, 4) is 6.07 Å². The highest BCUT2D eigenvalue weighted by molar-refractivity contribution is 5.86. The number of nitrogens with zero attached hydrogens (tertiary/aromatic N) is 2. The lowest BCUT2D eigenvalue weighted by Crippen LogP contribution is -2.63. The van der Waals surface area contributed by atoms with Gasteiger partial charge in [-0.1, -0.05) is 0 Å². The molecule has 4 nitrogen and oxygen atoms in total. The number of carbonyl (C=O) groups excluding carboxylic acids is 1. The predicted octanol–water partition coefficient (Wildman–Crippen LogP) is 0.499. The number of nitriles is 1. The second-order valence-corrected chi connectivity index (χ2v) is 4.22. The molecule has 1 heterocycles. The molecule has 1 saturated heterocycles. The van der Waals surface area contributed by atoms with Gasteiger partial charge in [0.25, 0.3) is 0 Å². The van der Waals surface area contributed by atoms with Crippen molar-refractivity contribution in [1.82, 2.24) is 10.2 Å². The third-order valence-corrected chi connectivity index (χ3v) is 2.83. The second-order valence-electron chi connectivity index (χ2n) is 4.22. The third-order valence-electron chi connectivity index (χ3n) is 2.83. The highest BCUT2D eigenvalue weighted by Crippen LogP contribution is 2.21. The molecule has 0 saturated carbocycles. The predicted molar refractivity (Wildman–Crippen MR) is 53.5 cm³/mol. The van der Waals surface area contributed by atoms with Gasteiger partial charge in [0.15, 0.2) is 0 Å². The minimum atomic E-state index is -0.492. The average Bonchev–Trinajstić information content (AvgIpc) is 2.10. The molecule has 1 rings (SSSR count). The molecule has 78 valence electrons. The maximum atomic E-state index is 11.6. The first-order chi connectivity index (χ1) is 6.50. The molecule has 1 amide bonds. The van der Waals surface area contributed by atoms with Gasteiger partial charge in [0.1, 0.15) is 0 Å². The summed E-state index contributed by atoms with van der Waals surface area (Å²) in [6, 6.07) is 2.28. The fourth-order valence-electron chi connectivity index (χ4n) is 1.93. The molecule has 0 aromatic heterocycles. The summed E-state index contributed by atoms with van der Waals surface area (Å²) >= 11 is 0. The van der Waals surface area contributed by atoms with Crippen molar-refractivity contribution < 1.29 is 4.79 Å². The van der Waals surface area contributed by atoms with E-state index in [-0.39, 0.29) is 11.9 Å². The summed E-state index contributed by atoms with van der Waals surface area (Å²) in [7, 11) is 0. The zero-order chi connectivity index (χ0) is 10.8. The molecule has 0 aliphatic carbocycles. The van der Waals surface area contributed by atoms with E-state index in [9.17, 15) is 4.79 Å². The lowest BCUT2D eigenvalue weighted by molar-refractivity contribution is -0.136. The van der Waals surface area contributed by atoms with Crippen molar-refractivity contribution in [2.75, 3.05) is 13.1 Å². The van der Waals surface area contributed by atoms with Crippen LogP contribution in [-0.2, 0) is 4.79 Å². The number of hydrogen-bond donors (Lipinski definition) is 1. The van der Waals surface area contributed by atoms with Gasteiger partial charge >= 0.3 is 0 Å². The summed E-state index contributed by atoms with van der Waals surface area (Å²) in [5.41, 5.74) is -0.492. The van der Waals surface area contributed by atoms with Crippen molar-refractivity contribution in [3.63, 3.8) is 0 Å². The van der Waals surface area contributed by atoms with Crippen molar-refractivity contribution >= 4 is 5.91 Å². The molecule has 1 N–H and O–H groups in total. The molecular weight excluding hydrogens is 178 g/mol. The van der Waals surface area contributed by atoms with Crippen LogP contribution in [0.1, 0.15) is 27.2 Å². The van der Waals surface area contributed by atoms with Crippen LogP contribution in [0.15, 0.2) is 0 Å². The first-order valence-electron chi connectivity index (χ1n) is 4.92. The van der Waals surface area contributed by atoms with Crippen molar-refractivity contribution in [2.24, 2.45) is 0 Å². The SMILES string of the molecule is CC(CC#N)N1CCNC(=O)C1(C)C. The Bertz CT molecular complexity index is 267. The first-order valence-corrected chi connectivity index (χ1v) is 4.92.